The van der Waals surface area contributed by atoms with E-state index in [2.05, 4.69) is 10.6 Å². The van der Waals surface area contributed by atoms with Gasteiger partial charge in [-0.2, -0.15) is 0 Å². The fourth-order valence-electron chi connectivity index (χ4n) is 3.77. The number of nitrogens with one attached hydrogen (secondary N) is 2. The summed E-state index contributed by atoms with van der Waals surface area (Å²) >= 11 is 13.4. The molecule has 1 fully saturated rings. The van der Waals surface area contributed by atoms with Crippen LogP contribution >= 0.6 is 34.5 Å². The Morgan fingerprint density at radius 3 is 2.30 bits per heavy atom. The van der Waals surface area contributed by atoms with Gasteiger partial charge in [0.25, 0.3) is 0 Å². The Hall–Kier alpha value is -2.29. The molecule has 1 heterocycles. The fourth-order valence-corrected chi connectivity index (χ4v) is 5.30. The summed E-state index contributed by atoms with van der Waals surface area (Å²) in [7, 11) is 0. The zero-order valence-electron chi connectivity index (χ0n) is 18.3. The van der Waals surface area contributed by atoms with E-state index in [4.69, 9.17) is 27.9 Å². The molecule has 33 heavy (non-hydrogen) atoms. The van der Waals surface area contributed by atoms with Crippen molar-refractivity contribution in [2.24, 2.45) is 5.92 Å². The first-order valence-electron chi connectivity index (χ1n) is 10.8. The number of carboxylic acid groups (broad SMARTS) is 1. The van der Waals surface area contributed by atoms with E-state index < -0.39 is 24.1 Å². The van der Waals surface area contributed by atoms with Gasteiger partial charge in [-0.25, -0.2) is 14.4 Å². The van der Waals surface area contributed by atoms with Crippen LogP contribution in [-0.2, 0) is 9.53 Å². The van der Waals surface area contributed by atoms with Crippen molar-refractivity contribution in [3.63, 3.8) is 0 Å². The lowest BCUT2D eigenvalue weighted by Crippen LogP contribution is -2.35. The van der Waals surface area contributed by atoms with Gasteiger partial charge < -0.3 is 15.2 Å². The SMILES string of the molecule is CC(C)c1cc(C(=O)O[C@H](C(=O)O)C2CCCCC2)c(NC(=O)Nc2c(Cl)cccc2Cl)s1. The molecule has 0 saturated heterocycles. The van der Waals surface area contributed by atoms with E-state index in [0.29, 0.717) is 12.8 Å². The van der Waals surface area contributed by atoms with Gasteiger partial charge in [-0.05, 0) is 37.0 Å². The van der Waals surface area contributed by atoms with Crippen LogP contribution in [0.3, 0.4) is 0 Å². The van der Waals surface area contributed by atoms with E-state index in [1.165, 1.54) is 11.3 Å². The molecule has 1 aliphatic rings. The minimum absolute atomic E-state index is 0.0896. The van der Waals surface area contributed by atoms with Gasteiger partial charge in [-0.1, -0.05) is 62.4 Å². The second-order valence-electron chi connectivity index (χ2n) is 8.28. The van der Waals surface area contributed by atoms with E-state index in [1.54, 1.807) is 24.3 Å². The van der Waals surface area contributed by atoms with Crippen molar-refractivity contribution >= 4 is 63.2 Å². The van der Waals surface area contributed by atoms with E-state index in [1.807, 2.05) is 13.8 Å². The average Bonchev–Trinajstić information content (AvgIpc) is 3.19. The number of benzene rings is 1. The van der Waals surface area contributed by atoms with Crippen molar-refractivity contribution in [1.29, 1.82) is 0 Å². The van der Waals surface area contributed by atoms with E-state index in [0.717, 1.165) is 24.1 Å². The number of ether oxygens (including phenoxy) is 1. The molecular weight excluding hydrogens is 487 g/mol. The zero-order valence-corrected chi connectivity index (χ0v) is 20.6. The fraction of sp³-hybridized carbons (Fsp3) is 0.435. The first-order valence-corrected chi connectivity index (χ1v) is 12.3. The van der Waals surface area contributed by atoms with E-state index >= 15 is 0 Å². The number of carbonyl (C=O) groups is 3. The summed E-state index contributed by atoms with van der Waals surface area (Å²) < 4.78 is 5.46. The summed E-state index contributed by atoms with van der Waals surface area (Å²) in [6.45, 7) is 3.91. The van der Waals surface area contributed by atoms with Crippen LogP contribution in [0, 0.1) is 5.92 Å². The summed E-state index contributed by atoms with van der Waals surface area (Å²) in [6, 6.07) is 5.82. The van der Waals surface area contributed by atoms with Gasteiger partial charge >= 0.3 is 18.0 Å². The molecule has 0 spiro atoms. The smallest absolute Gasteiger partial charge is 0.345 e. The molecule has 1 saturated carbocycles. The molecule has 7 nitrogen and oxygen atoms in total. The summed E-state index contributed by atoms with van der Waals surface area (Å²) in [6.07, 6.45) is 3.08. The van der Waals surface area contributed by atoms with Crippen LogP contribution in [0.5, 0.6) is 0 Å². The number of aliphatic carboxylic acids is 1. The molecule has 178 valence electrons. The van der Waals surface area contributed by atoms with Crippen LogP contribution in [0.4, 0.5) is 15.5 Å². The molecule has 1 aliphatic carbocycles. The third-order valence-corrected chi connectivity index (χ3v) is 7.50. The van der Waals surface area contributed by atoms with E-state index in [-0.39, 0.29) is 38.1 Å². The van der Waals surface area contributed by atoms with Gasteiger partial charge in [-0.15, -0.1) is 11.3 Å². The van der Waals surface area contributed by atoms with Crippen LogP contribution in [-0.4, -0.2) is 29.2 Å². The van der Waals surface area contributed by atoms with Gasteiger partial charge in [0.15, 0.2) is 0 Å². The molecule has 1 atom stereocenters. The lowest BCUT2D eigenvalue weighted by Gasteiger charge is -2.27. The molecule has 0 unspecified atom stereocenters. The normalized spacial score (nSPS) is 15.2. The van der Waals surface area contributed by atoms with Crippen molar-refractivity contribution < 1.29 is 24.2 Å². The maximum Gasteiger partial charge on any atom is 0.345 e. The number of halogens is 2. The van der Waals surface area contributed by atoms with Gasteiger partial charge in [0.1, 0.15) is 5.00 Å². The number of hydrogen-bond acceptors (Lipinski definition) is 5. The number of carbonyl (C=O) groups excluding carboxylic acids is 2. The number of hydrogen-bond donors (Lipinski definition) is 3. The standard InChI is InChI=1S/C23H26Cl2N2O5S/c1-12(2)17-11-14(22(30)32-19(21(28)29)13-7-4-3-5-8-13)20(33-17)27-23(31)26-18-15(24)9-6-10-16(18)25/h6,9-13,19H,3-5,7-8H2,1-2H3,(H,28,29)(H2,26,27,31)/t19-/m0/s1. The van der Waals surface area contributed by atoms with Crippen LogP contribution in [0.15, 0.2) is 24.3 Å². The van der Waals surface area contributed by atoms with Crippen LogP contribution < -0.4 is 10.6 Å². The summed E-state index contributed by atoms with van der Waals surface area (Å²) in [4.78, 5) is 38.3. The predicted octanol–water partition coefficient (Wildman–Crippen LogP) is 7.01. The molecule has 1 aromatic heterocycles. The number of thiophene rings is 1. The highest BCUT2D eigenvalue weighted by molar-refractivity contribution is 7.16. The highest BCUT2D eigenvalue weighted by atomic mass is 35.5. The quantitative estimate of drug-likeness (QED) is 0.346. The van der Waals surface area contributed by atoms with Crippen LogP contribution in [0.1, 0.15) is 67.1 Å². The second-order valence-corrected chi connectivity index (χ2v) is 10.2. The Kier molecular flexibility index (Phi) is 8.62. The van der Waals surface area contributed by atoms with Crippen LogP contribution in [0.25, 0.3) is 0 Å². The van der Waals surface area contributed by atoms with Gasteiger partial charge in [-0.3, -0.25) is 5.32 Å². The maximum absolute atomic E-state index is 13.0. The molecule has 0 aliphatic heterocycles. The molecular formula is C23H26Cl2N2O5S. The third-order valence-electron chi connectivity index (χ3n) is 5.52. The van der Waals surface area contributed by atoms with Gasteiger partial charge in [0.05, 0.1) is 21.3 Å². The molecule has 3 N–H and O–H groups in total. The zero-order chi connectivity index (χ0) is 24.1. The minimum Gasteiger partial charge on any atom is -0.478 e. The maximum atomic E-state index is 13.0. The molecule has 0 bridgehead atoms. The number of rotatable bonds is 7. The largest absolute Gasteiger partial charge is 0.478 e. The Morgan fingerprint density at radius 2 is 1.73 bits per heavy atom. The highest BCUT2D eigenvalue weighted by Crippen LogP contribution is 2.36. The molecule has 1 aromatic carbocycles. The second kappa shape index (κ2) is 11.2. The lowest BCUT2D eigenvalue weighted by molar-refractivity contribution is -0.151. The highest BCUT2D eigenvalue weighted by Gasteiger charge is 2.34. The number of anilines is 2. The average molecular weight is 513 g/mol. The van der Waals surface area contributed by atoms with Crippen molar-refractivity contribution in [3.8, 4) is 0 Å². The Bertz CT molecular complexity index is 1010. The minimum atomic E-state index is -1.22. The summed E-state index contributed by atoms with van der Waals surface area (Å²) in [5.41, 5.74) is 0.359. The number of para-hydroxylation sites is 1. The Morgan fingerprint density at radius 1 is 1.09 bits per heavy atom. The third kappa shape index (κ3) is 6.40. The first-order chi connectivity index (χ1) is 15.7. The predicted molar refractivity (Wildman–Crippen MR) is 131 cm³/mol. The molecule has 0 radical (unpaired) electrons. The first kappa shape index (κ1) is 25.3. The van der Waals surface area contributed by atoms with Crippen molar-refractivity contribution in [2.75, 3.05) is 10.6 Å². The lowest BCUT2D eigenvalue weighted by atomic mass is 9.85. The number of amides is 2. The van der Waals surface area contributed by atoms with Crippen molar-refractivity contribution in [3.05, 3.63) is 44.8 Å². The van der Waals surface area contributed by atoms with Gasteiger partial charge in [0, 0.05) is 10.8 Å². The summed E-state index contributed by atoms with van der Waals surface area (Å²) in [5, 5.41) is 15.7. The number of esters is 1. The monoisotopic (exact) mass is 512 g/mol. The van der Waals surface area contributed by atoms with E-state index in [9.17, 15) is 19.5 Å². The number of urea groups is 1. The van der Waals surface area contributed by atoms with Crippen molar-refractivity contribution in [1.82, 2.24) is 0 Å². The van der Waals surface area contributed by atoms with Crippen LogP contribution in [0.2, 0.25) is 10.0 Å². The molecule has 2 amide bonds. The molecule has 2 aromatic rings. The Labute approximate surface area is 206 Å². The Balaban J connectivity index is 1.81. The van der Waals surface area contributed by atoms with Crippen molar-refractivity contribution in [2.45, 2.75) is 58.0 Å². The van der Waals surface area contributed by atoms with Gasteiger partial charge in [0.2, 0.25) is 6.10 Å². The molecule has 3 rings (SSSR count). The summed E-state index contributed by atoms with van der Waals surface area (Å²) in [5.74, 6) is -2.06. The molecule has 10 heteroatoms. The number of carboxylic acids is 1. The topological polar surface area (TPSA) is 105 Å².